The number of benzene rings is 1. The van der Waals surface area contributed by atoms with Crippen LogP contribution in [0.25, 0.3) is 0 Å². The Balaban J connectivity index is 1.65. The molecule has 1 aromatic rings. The van der Waals surface area contributed by atoms with Crippen LogP contribution in [0.4, 0.5) is 0 Å². The lowest BCUT2D eigenvalue weighted by Gasteiger charge is -2.33. The maximum Gasteiger partial charge on any atom is 0.288 e. The van der Waals surface area contributed by atoms with Gasteiger partial charge in [0, 0.05) is 33.6 Å². The van der Waals surface area contributed by atoms with E-state index in [1.54, 1.807) is 26.2 Å². The van der Waals surface area contributed by atoms with Crippen molar-refractivity contribution in [1.82, 2.24) is 9.21 Å². The first-order valence-corrected chi connectivity index (χ1v) is 13.2. The molecule has 2 aliphatic rings. The summed E-state index contributed by atoms with van der Waals surface area (Å²) < 4.78 is 44.2. The van der Waals surface area contributed by atoms with E-state index in [1.165, 1.54) is 41.3 Å². The fourth-order valence-corrected chi connectivity index (χ4v) is 5.93. The summed E-state index contributed by atoms with van der Waals surface area (Å²) in [5.41, 5.74) is 0. The van der Waals surface area contributed by atoms with Crippen molar-refractivity contribution in [3.05, 3.63) is 36.1 Å². The zero-order chi connectivity index (χ0) is 24.7. The molecular weight excluding hydrogens is 460 g/mol. The zero-order valence-electron chi connectivity index (χ0n) is 20.2. The van der Waals surface area contributed by atoms with Gasteiger partial charge in [0.25, 0.3) is 5.91 Å². The largest absolute Gasteiger partial charge is 0.497 e. The van der Waals surface area contributed by atoms with E-state index in [0.29, 0.717) is 18.1 Å². The monoisotopic (exact) mass is 496 g/mol. The average molecular weight is 497 g/mol. The molecule has 1 aromatic carbocycles. The molecule has 9 nitrogen and oxygen atoms in total. The third kappa shape index (κ3) is 6.50. The first kappa shape index (κ1) is 26.5. The number of rotatable bonds is 11. The Hall–Kier alpha value is -2.14. The Labute approximate surface area is 202 Å². The lowest BCUT2D eigenvalue weighted by molar-refractivity contribution is -0.155. The van der Waals surface area contributed by atoms with Gasteiger partial charge in [-0.3, -0.25) is 4.79 Å². The number of likely N-dealkylation sites (N-methyl/N-ethyl adjacent to an activating group) is 1. The van der Waals surface area contributed by atoms with E-state index in [2.05, 4.69) is 0 Å². The van der Waals surface area contributed by atoms with E-state index >= 15 is 0 Å². The van der Waals surface area contributed by atoms with Gasteiger partial charge in [0.2, 0.25) is 16.3 Å². The quantitative estimate of drug-likeness (QED) is 0.501. The number of aliphatic hydroxyl groups is 1. The first-order chi connectivity index (χ1) is 16.3. The molecule has 1 heterocycles. The fraction of sp³-hybridized carbons (Fsp3) is 0.625. The predicted octanol–water partition coefficient (Wildman–Crippen LogP) is 2.22. The molecule has 1 aliphatic heterocycles. The molecule has 1 fully saturated rings. The predicted molar refractivity (Wildman–Crippen MR) is 127 cm³/mol. The number of carbonyl (C=O) groups is 1. The number of sulfonamides is 1. The summed E-state index contributed by atoms with van der Waals surface area (Å²) in [6.07, 6.45) is 6.57. The molecule has 1 amide bonds. The summed E-state index contributed by atoms with van der Waals surface area (Å²) in [6, 6.07) is 6.10. The molecule has 34 heavy (non-hydrogen) atoms. The van der Waals surface area contributed by atoms with Crippen LogP contribution in [-0.2, 0) is 24.3 Å². The Morgan fingerprint density at radius 2 is 1.82 bits per heavy atom. The lowest BCUT2D eigenvalue weighted by atomic mass is 9.86. The van der Waals surface area contributed by atoms with Gasteiger partial charge in [0.15, 0.2) is 5.76 Å². The molecule has 1 aliphatic carbocycles. The maximum absolute atomic E-state index is 13.1. The molecule has 0 saturated heterocycles. The molecule has 0 radical (unpaired) electrons. The number of aliphatic hydroxyl groups excluding tert-OH is 1. The standard InChI is InChI=1S/C24H36N2O7S/c1-25(2)24(28)22-16-19(18-6-4-5-7-18)17-23(33-22)32-15-13-26(12-14-27)34(29,30)21-10-8-20(31-3)9-11-21/h8-11,16,18-19,23,27H,4-7,12-15,17H2,1-3H3/t19-,23+/m1/s1. The fourth-order valence-electron chi connectivity index (χ4n) is 4.52. The van der Waals surface area contributed by atoms with Crippen LogP contribution in [0.15, 0.2) is 41.0 Å². The average Bonchev–Trinajstić information content (AvgIpc) is 3.38. The Bertz CT molecular complexity index is 941. The van der Waals surface area contributed by atoms with E-state index in [1.807, 2.05) is 6.08 Å². The topological polar surface area (TPSA) is 106 Å². The normalized spacial score (nSPS) is 21.3. The van der Waals surface area contributed by atoms with Gasteiger partial charge >= 0.3 is 0 Å². The van der Waals surface area contributed by atoms with Gasteiger partial charge < -0.3 is 24.2 Å². The number of amides is 1. The molecule has 1 N–H and O–H groups in total. The van der Waals surface area contributed by atoms with Crippen LogP contribution in [0, 0.1) is 11.8 Å². The van der Waals surface area contributed by atoms with Gasteiger partial charge in [-0.25, -0.2) is 8.42 Å². The highest BCUT2D eigenvalue weighted by molar-refractivity contribution is 7.89. The molecule has 0 unspecified atom stereocenters. The summed E-state index contributed by atoms with van der Waals surface area (Å²) in [6.45, 7) is -0.258. The highest BCUT2D eigenvalue weighted by atomic mass is 32.2. The summed E-state index contributed by atoms with van der Waals surface area (Å²) >= 11 is 0. The molecule has 10 heteroatoms. The van der Waals surface area contributed by atoms with Crippen LogP contribution < -0.4 is 4.74 Å². The molecular formula is C24H36N2O7S. The highest BCUT2D eigenvalue weighted by Crippen LogP contribution is 2.38. The third-order valence-electron chi connectivity index (χ3n) is 6.40. The van der Waals surface area contributed by atoms with Gasteiger partial charge in [0.05, 0.1) is 25.2 Å². The number of carbonyl (C=O) groups excluding carboxylic acids is 1. The number of ether oxygens (including phenoxy) is 3. The van der Waals surface area contributed by atoms with Crippen molar-refractivity contribution >= 4 is 15.9 Å². The van der Waals surface area contributed by atoms with E-state index in [0.717, 1.165) is 12.8 Å². The van der Waals surface area contributed by atoms with Gasteiger partial charge in [-0.05, 0) is 55.0 Å². The van der Waals surface area contributed by atoms with Crippen LogP contribution in [-0.4, -0.2) is 82.4 Å². The summed E-state index contributed by atoms with van der Waals surface area (Å²) in [7, 11) is 1.04. The smallest absolute Gasteiger partial charge is 0.288 e. The van der Waals surface area contributed by atoms with Crippen LogP contribution in [0.5, 0.6) is 5.75 Å². The van der Waals surface area contributed by atoms with Crippen LogP contribution in [0.2, 0.25) is 0 Å². The van der Waals surface area contributed by atoms with Crippen molar-refractivity contribution in [3.63, 3.8) is 0 Å². The van der Waals surface area contributed by atoms with Crippen molar-refractivity contribution in [2.45, 2.75) is 43.3 Å². The molecule has 0 spiro atoms. The Morgan fingerprint density at radius 3 is 2.41 bits per heavy atom. The van der Waals surface area contributed by atoms with Crippen molar-refractivity contribution in [1.29, 1.82) is 0 Å². The molecule has 0 bridgehead atoms. The van der Waals surface area contributed by atoms with Crippen molar-refractivity contribution < 1.29 is 32.5 Å². The van der Waals surface area contributed by atoms with Crippen molar-refractivity contribution in [3.8, 4) is 5.75 Å². The van der Waals surface area contributed by atoms with Gasteiger partial charge in [-0.2, -0.15) is 4.31 Å². The molecule has 1 saturated carbocycles. The summed E-state index contributed by atoms with van der Waals surface area (Å²) in [5, 5.41) is 9.44. The minimum absolute atomic E-state index is 0.0452. The van der Waals surface area contributed by atoms with E-state index in [9.17, 15) is 18.3 Å². The maximum atomic E-state index is 13.1. The van der Waals surface area contributed by atoms with Crippen LogP contribution in [0.3, 0.4) is 0 Å². The lowest BCUT2D eigenvalue weighted by Crippen LogP contribution is -2.38. The SMILES string of the molecule is COc1ccc(S(=O)(=O)N(CCO)CCO[C@@H]2C[C@H](C3CCCC3)C=C(C(=O)N(C)C)O2)cc1. The molecule has 2 atom stereocenters. The van der Waals surface area contributed by atoms with Crippen molar-refractivity contribution in [2.75, 3.05) is 47.5 Å². The second-order valence-electron chi connectivity index (χ2n) is 8.90. The second-order valence-corrected chi connectivity index (χ2v) is 10.8. The zero-order valence-corrected chi connectivity index (χ0v) is 21.0. The minimum Gasteiger partial charge on any atom is -0.497 e. The number of methoxy groups -OCH3 is 1. The van der Waals surface area contributed by atoms with E-state index in [-0.39, 0.29) is 48.8 Å². The van der Waals surface area contributed by atoms with Gasteiger partial charge in [0.1, 0.15) is 5.75 Å². The number of hydrogen-bond donors (Lipinski definition) is 1. The first-order valence-electron chi connectivity index (χ1n) is 11.7. The minimum atomic E-state index is -3.83. The van der Waals surface area contributed by atoms with Gasteiger partial charge in [-0.15, -0.1) is 0 Å². The number of nitrogens with zero attached hydrogens (tertiary/aromatic N) is 2. The van der Waals surface area contributed by atoms with Crippen LogP contribution >= 0.6 is 0 Å². The third-order valence-corrected chi connectivity index (χ3v) is 8.31. The molecule has 3 rings (SSSR count). The van der Waals surface area contributed by atoms with Crippen molar-refractivity contribution in [2.24, 2.45) is 11.8 Å². The van der Waals surface area contributed by atoms with E-state index in [4.69, 9.17) is 14.2 Å². The number of allylic oxidation sites excluding steroid dienone is 1. The van der Waals surface area contributed by atoms with Crippen LogP contribution in [0.1, 0.15) is 32.1 Å². The second kappa shape index (κ2) is 12.0. The molecule has 0 aromatic heterocycles. The Kier molecular flexibility index (Phi) is 9.35. The highest BCUT2D eigenvalue weighted by Gasteiger charge is 2.34. The van der Waals surface area contributed by atoms with E-state index < -0.39 is 16.3 Å². The van der Waals surface area contributed by atoms with Gasteiger partial charge in [-0.1, -0.05) is 12.8 Å². The Morgan fingerprint density at radius 1 is 1.15 bits per heavy atom. The number of hydrogen-bond acceptors (Lipinski definition) is 7. The summed E-state index contributed by atoms with van der Waals surface area (Å²) in [4.78, 5) is 14.1. The molecule has 190 valence electrons. The summed E-state index contributed by atoms with van der Waals surface area (Å²) in [5.74, 6) is 1.33.